The average Bonchev–Trinajstić information content (AvgIpc) is 3.40. The topological polar surface area (TPSA) is 104 Å². The van der Waals surface area contributed by atoms with Gasteiger partial charge in [0.05, 0.1) is 18.1 Å². The Labute approximate surface area is 234 Å². The quantitative estimate of drug-likeness (QED) is 0.403. The number of carbonyl (C=O) groups excluding carboxylic acids is 1. The Morgan fingerprint density at radius 3 is 2.84 bits per heavy atom. The number of benzene rings is 1. The number of amidine groups is 1. The molecule has 3 atom stereocenters. The summed E-state index contributed by atoms with van der Waals surface area (Å²) in [5.74, 6) is 0.505. The molecule has 2 aliphatic heterocycles. The van der Waals surface area contributed by atoms with E-state index >= 15 is 0 Å². The van der Waals surface area contributed by atoms with E-state index in [1.807, 2.05) is 17.1 Å². The molecule has 0 saturated carbocycles. The van der Waals surface area contributed by atoms with Gasteiger partial charge in [0.15, 0.2) is 10.8 Å². The molecular weight excluding hydrogens is 555 g/mol. The molecule has 0 radical (unpaired) electrons. The molecule has 0 amide bonds. The number of carbonyl (C=O) groups is 2. The van der Waals surface area contributed by atoms with Crippen LogP contribution in [0.2, 0.25) is 10.0 Å². The third-order valence-electron chi connectivity index (χ3n) is 6.27. The van der Waals surface area contributed by atoms with E-state index in [1.54, 1.807) is 38.2 Å². The summed E-state index contributed by atoms with van der Waals surface area (Å²) in [5, 5.41) is 16.3. The number of rotatable bonds is 9. The highest BCUT2D eigenvalue weighted by atomic mass is 35.5. The molecule has 198 valence electrons. The highest BCUT2D eigenvalue weighted by Gasteiger charge is 2.36. The van der Waals surface area contributed by atoms with E-state index in [4.69, 9.17) is 32.9 Å². The molecule has 0 bridgehead atoms. The minimum atomic E-state index is -0.812. The van der Waals surface area contributed by atoms with Gasteiger partial charge in [-0.1, -0.05) is 36.2 Å². The number of aliphatic imine (C=N–C) groups is 1. The van der Waals surface area contributed by atoms with Crippen molar-refractivity contribution in [1.29, 1.82) is 0 Å². The number of carboxylic acids is 1. The molecule has 8 nitrogen and oxygen atoms in total. The van der Waals surface area contributed by atoms with E-state index in [2.05, 4.69) is 15.2 Å². The molecule has 1 aromatic heterocycles. The Morgan fingerprint density at radius 2 is 2.16 bits per heavy atom. The van der Waals surface area contributed by atoms with Crippen LogP contribution in [-0.4, -0.2) is 70.0 Å². The summed E-state index contributed by atoms with van der Waals surface area (Å²) in [7, 11) is 0. The minimum absolute atomic E-state index is 0.0438. The zero-order valence-electron chi connectivity index (χ0n) is 20.4. The molecule has 12 heteroatoms. The van der Waals surface area contributed by atoms with Gasteiger partial charge in [0, 0.05) is 63.5 Å². The molecule has 1 fully saturated rings. The van der Waals surface area contributed by atoms with Crippen molar-refractivity contribution in [2.75, 3.05) is 31.2 Å². The predicted molar refractivity (Wildman–Crippen MR) is 149 cm³/mol. The number of esters is 1. The minimum Gasteiger partial charge on any atom is -0.481 e. The van der Waals surface area contributed by atoms with Crippen molar-refractivity contribution >= 4 is 64.1 Å². The van der Waals surface area contributed by atoms with Crippen LogP contribution >= 0.6 is 46.3 Å². The van der Waals surface area contributed by atoms with Crippen molar-refractivity contribution < 1.29 is 19.4 Å². The third-order valence-corrected chi connectivity index (χ3v) is 8.71. The lowest BCUT2D eigenvalue weighted by Crippen LogP contribution is -2.48. The fourth-order valence-electron chi connectivity index (χ4n) is 4.39. The second kappa shape index (κ2) is 12.6. The van der Waals surface area contributed by atoms with Gasteiger partial charge in [-0.05, 0) is 25.5 Å². The molecule has 1 unspecified atom stereocenters. The first-order valence-corrected chi connectivity index (χ1v) is 14.7. The van der Waals surface area contributed by atoms with Gasteiger partial charge in [0.1, 0.15) is 6.04 Å². The number of halogens is 2. The number of nitrogens with one attached hydrogen (secondary N) is 1. The summed E-state index contributed by atoms with van der Waals surface area (Å²) < 4.78 is 5.48. The van der Waals surface area contributed by atoms with Crippen LogP contribution in [0.25, 0.3) is 0 Å². The molecule has 2 N–H and O–H groups in total. The summed E-state index contributed by atoms with van der Waals surface area (Å²) >= 11 is 16.0. The normalized spacial score (nSPS) is 21.2. The smallest absolute Gasteiger partial charge is 0.338 e. The fraction of sp³-hybridized carbons (Fsp3) is 0.440. The first-order chi connectivity index (χ1) is 17.8. The largest absolute Gasteiger partial charge is 0.481 e. The number of ether oxygens (including phenoxy) is 1. The summed E-state index contributed by atoms with van der Waals surface area (Å²) in [6, 6.07) is 4.44. The standard InChI is InChI=1S/C25H28Cl2N4O4S2/c1-3-35-25(34)20-19(12-31-7-9-36-13-16(31)10-14(2)24(32)33)29-22(23-28-6-8-37-23)30-21(20)17-5-4-15(26)11-18(17)27/h4-6,8,11,14,16,21H,3,7,9-10,12-13H2,1-2H3,(H,29,30)(H,32,33)/t14?,16-,21+/m1/s1. The maximum Gasteiger partial charge on any atom is 0.338 e. The average molecular weight is 584 g/mol. The van der Waals surface area contributed by atoms with Crippen LogP contribution in [0.1, 0.15) is 36.9 Å². The van der Waals surface area contributed by atoms with Crippen molar-refractivity contribution in [3.05, 3.63) is 61.7 Å². The van der Waals surface area contributed by atoms with Crippen molar-refractivity contribution in [3.8, 4) is 0 Å². The van der Waals surface area contributed by atoms with E-state index in [9.17, 15) is 14.7 Å². The molecule has 37 heavy (non-hydrogen) atoms. The molecule has 3 heterocycles. The monoisotopic (exact) mass is 582 g/mol. The summed E-state index contributed by atoms with van der Waals surface area (Å²) in [4.78, 5) is 36.5. The first-order valence-electron chi connectivity index (χ1n) is 11.9. The van der Waals surface area contributed by atoms with Crippen molar-refractivity contribution in [2.45, 2.75) is 32.4 Å². The van der Waals surface area contributed by atoms with E-state index in [-0.39, 0.29) is 12.6 Å². The Hall–Kier alpha value is -2.11. The van der Waals surface area contributed by atoms with Crippen molar-refractivity contribution in [1.82, 2.24) is 15.2 Å². The molecule has 1 saturated heterocycles. The maximum atomic E-state index is 13.4. The van der Waals surface area contributed by atoms with Crippen molar-refractivity contribution in [3.63, 3.8) is 0 Å². The molecule has 0 spiro atoms. The predicted octanol–water partition coefficient (Wildman–Crippen LogP) is 4.89. The van der Waals surface area contributed by atoms with Gasteiger partial charge < -0.3 is 15.2 Å². The van der Waals surface area contributed by atoms with Gasteiger partial charge in [-0.25, -0.2) is 9.78 Å². The van der Waals surface area contributed by atoms with Gasteiger partial charge in [-0.3, -0.25) is 14.7 Å². The van der Waals surface area contributed by atoms with Crippen LogP contribution in [0.5, 0.6) is 0 Å². The maximum absolute atomic E-state index is 13.4. The van der Waals surface area contributed by atoms with Gasteiger partial charge in [0.2, 0.25) is 0 Å². The van der Waals surface area contributed by atoms with E-state index in [0.29, 0.717) is 50.7 Å². The number of nitrogens with zero attached hydrogens (tertiary/aromatic N) is 3. The lowest BCUT2D eigenvalue weighted by atomic mass is 9.94. The molecular formula is C25H28Cl2N4O4S2. The zero-order valence-corrected chi connectivity index (χ0v) is 23.6. The fourth-order valence-corrected chi connectivity index (χ4v) is 6.64. The highest BCUT2D eigenvalue weighted by molar-refractivity contribution is 7.99. The molecule has 2 aliphatic rings. The molecule has 4 rings (SSSR count). The van der Waals surface area contributed by atoms with Gasteiger partial charge in [-0.2, -0.15) is 11.8 Å². The summed E-state index contributed by atoms with van der Waals surface area (Å²) in [5.41, 5.74) is 1.65. The van der Waals surface area contributed by atoms with Gasteiger partial charge >= 0.3 is 11.9 Å². The van der Waals surface area contributed by atoms with E-state index < -0.39 is 23.9 Å². The van der Waals surface area contributed by atoms with Crippen LogP contribution in [0.4, 0.5) is 0 Å². The first kappa shape index (κ1) is 27.9. The Kier molecular flexibility index (Phi) is 9.52. The SMILES string of the molecule is CCOC(=O)C1=C(CN2CCSC[C@H]2CC(C)C(=O)O)NC(c2nccs2)=N[C@H]1c1ccc(Cl)cc1Cl. The van der Waals surface area contributed by atoms with Crippen LogP contribution in [0, 0.1) is 5.92 Å². The Morgan fingerprint density at radius 1 is 1.35 bits per heavy atom. The lowest BCUT2D eigenvalue weighted by molar-refractivity contribution is -0.141. The Balaban J connectivity index is 1.78. The van der Waals surface area contributed by atoms with Crippen LogP contribution in [-0.2, 0) is 14.3 Å². The number of hydrogen-bond acceptors (Lipinski definition) is 9. The van der Waals surface area contributed by atoms with Crippen molar-refractivity contribution in [2.24, 2.45) is 10.9 Å². The number of aromatic nitrogens is 1. The lowest BCUT2D eigenvalue weighted by Gasteiger charge is -2.38. The molecule has 0 aliphatic carbocycles. The van der Waals surface area contributed by atoms with Crippen LogP contribution < -0.4 is 5.32 Å². The zero-order chi connectivity index (χ0) is 26.5. The highest BCUT2D eigenvalue weighted by Crippen LogP contribution is 2.38. The number of thiazole rings is 1. The van der Waals surface area contributed by atoms with Gasteiger partial charge in [-0.15, -0.1) is 11.3 Å². The summed E-state index contributed by atoms with van der Waals surface area (Å²) in [6.45, 7) is 4.86. The van der Waals surface area contributed by atoms with E-state index in [0.717, 1.165) is 18.1 Å². The third kappa shape index (κ3) is 6.67. The van der Waals surface area contributed by atoms with Gasteiger partial charge in [0.25, 0.3) is 0 Å². The summed E-state index contributed by atoms with van der Waals surface area (Å²) in [6.07, 6.45) is 2.22. The van der Waals surface area contributed by atoms with Crippen LogP contribution in [0.3, 0.4) is 0 Å². The second-order valence-corrected chi connectivity index (χ2v) is 11.7. The number of aliphatic carboxylic acids is 1. The molecule has 1 aromatic carbocycles. The Bertz CT molecular complexity index is 1210. The number of carboxylic acid groups (broad SMARTS) is 1. The molecule has 2 aromatic rings. The number of thioether (sulfide) groups is 1. The second-order valence-electron chi connectivity index (χ2n) is 8.80. The van der Waals surface area contributed by atoms with Crippen LogP contribution in [0.15, 0.2) is 46.0 Å². The number of hydrogen-bond donors (Lipinski definition) is 2. The van der Waals surface area contributed by atoms with E-state index in [1.165, 1.54) is 11.3 Å².